The van der Waals surface area contributed by atoms with E-state index < -0.39 is 6.03 Å². The molecule has 0 bridgehead atoms. The van der Waals surface area contributed by atoms with Crippen molar-refractivity contribution >= 4 is 35.1 Å². The molecule has 3 aliphatic rings. The summed E-state index contributed by atoms with van der Waals surface area (Å²) in [6.45, 7) is 8.32. The van der Waals surface area contributed by atoms with E-state index in [1.165, 1.54) is 4.90 Å². The van der Waals surface area contributed by atoms with Gasteiger partial charge in [0.15, 0.2) is 0 Å². The number of hydrogen-bond donors (Lipinski definition) is 2. The second-order valence-corrected chi connectivity index (χ2v) is 9.23. The van der Waals surface area contributed by atoms with Crippen LogP contribution in [0.4, 0.5) is 10.5 Å². The number of ether oxygens (including phenoxy) is 1. The van der Waals surface area contributed by atoms with E-state index in [4.69, 9.17) is 16.3 Å². The number of piperazine rings is 1. The number of halogens is 1. The molecule has 0 radical (unpaired) electrons. The molecule has 33 heavy (non-hydrogen) atoms. The number of hydrogen-bond acceptors (Lipinski definition) is 6. The molecule has 0 atom stereocenters. The van der Waals surface area contributed by atoms with E-state index in [0.29, 0.717) is 35.3 Å². The van der Waals surface area contributed by atoms with Crippen LogP contribution in [0.1, 0.15) is 29.6 Å². The lowest BCUT2D eigenvalue weighted by Crippen LogP contribution is -2.49. The van der Waals surface area contributed by atoms with Crippen LogP contribution in [0.25, 0.3) is 0 Å². The molecular formula is C23H32ClN5O4. The first-order valence-corrected chi connectivity index (χ1v) is 12.1. The Morgan fingerprint density at radius 2 is 1.85 bits per heavy atom. The summed E-state index contributed by atoms with van der Waals surface area (Å²) in [5.74, 6) is 0.0853. The normalized spacial score (nSPS) is 20.8. The van der Waals surface area contributed by atoms with E-state index in [9.17, 15) is 14.4 Å². The van der Waals surface area contributed by atoms with Crippen LogP contribution in [0.2, 0.25) is 5.02 Å². The van der Waals surface area contributed by atoms with Gasteiger partial charge in [0.2, 0.25) is 5.91 Å². The first-order valence-electron chi connectivity index (χ1n) is 11.7. The number of nitrogens with zero attached hydrogens (tertiary/aromatic N) is 3. The lowest BCUT2D eigenvalue weighted by molar-refractivity contribution is -0.120. The molecule has 0 unspecified atom stereocenters. The number of nitrogens with one attached hydrogen (secondary N) is 2. The Hall–Kier alpha value is -2.20. The molecule has 3 fully saturated rings. The minimum atomic E-state index is -0.518. The number of likely N-dealkylation sites (tertiary alicyclic amines) is 1. The minimum Gasteiger partial charge on any atom is -0.380 e. The predicted molar refractivity (Wildman–Crippen MR) is 126 cm³/mol. The van der Waals surface area contributed by atoms with Crippen LogP contribution in [0, 0.1) is 5.92 Å². The molecule has 4 rings (SSSR count). The van der Waals surface area contributed by atoms with E-state index in [1.54, 1.807) is 18.2 Å². The molecule has 0 aromatic heterocycles. The minimum absolute atomic E-state index is 0.0699. The molecule has 0 saturated carbocycles. The highest BCUT2D eigenvalue weighted by atomic mass is 35.5. The Labute approximate surface area is 199 Å². The number of piperidine rings is 1. The van der Waals surface area contributed by atoms with Crippen molar-refractivity contribution in [2.45, 2.75) is 19.3 Å². The van der Waals surface area contributed by atoms with Crippen LogP contribution >= 0.6 is 11.6 Å². The Balaban J connectivity index is 1.25. The monoisotopic (exact) mass is 477 g/mol. The van der Waals surface area contributed by atoms with Crippen molar-refractivity contribution in [2.75, 3.05) is 70.5 Å². The Bertz CT molecular complexity index is 868. The number of imide groups is 1. The van der Waals surface area contributed by atoms with E-state index in [2.05, 4.69) is 15.5 Å². The molecule has 3 aliphatic heterocycles. The fraction of sp³-hybridized carbons (Fsp3) is 0.609. The molecule has 0 spiro atoms. The number of carbonyl (C=O) groups is 3. The van der Waals surface area contributed by atoms with E-state index in [1.807, 2.05) is 4.90 Å². The van der Waals surface area contributed by atoms with Gasteiger partial charge in [0.1, 0.15) is 0 Å². The van der Waals surface area contributed by atoms with Crippen LogP contribution in [-0.2, 0) is 9.53 Å². The first kappa shape index (κ1) is 23.9. The van der Waals surface area contributed by atoms with Crippen LogP contribution in [0.3, 0.4) is 0 Å². The maximum atomic E-state index is 13.1. The summed E-state index contributed by atoms with van der Waals surface area (Å²) in [7, 11) is 0. The third-order valence-corrected chi connectivity index (χ3v) is 6.87. The third kappa shape index (κ3) is 6.23. The molecule has 3 saturated heterocycles. The average Bonchev–Trinajstić information content (AvgIpc) is 2.83. The number of amides is 4. The molecule has 4 amide bonds. The third-order valence-electron chi connectivity index (χ3n) is 6.55. The zero-order chi connectivity index (χ0) is 23.2. The molecule has 3 heterocycles. The summed E-state index contributed by atoms with van der Waals surface area (Å²) in [6, 6.07) is 4.44. The molecular weight excluding hydrogens is 446 g/mol. The van der Waals surface area contributed by atoms with Crippen molar-refractivity contribution in [2.24, 2.45) is 5.92 Å². The van der Waals surface area contributed by atoms with Crippen LogP contribution in [0.15, 0.2) is 18.2 Å². The van der Waals surface area contributed by atoms with Crippen molar-refractivity contribution in [3.63, 3.8) is 0 Å². The molecule has 10 heteroatoms. The van der Waals surface area contributed by atoms with Crippen LogP contribution in [0.5, 0.6) is 0 Å². The van der Waals surface area contributed by atoms with Gasteiger partial charge in [-0.15, -0.1) is 0 Å². The summed E-state index contributed by atoms with van der Waals surface area (Å²) in [4.78, 5) is 42.4. The van der Waals surface area contributed by atoms with Crippen molar-refractivity contribution in [1.29, 1.82) is 0 Å². The molecule has 180 valence electrons. The Kier molecular flexibility index (Phi) is 8.19. The lowest BCUT2D eigenvalue weighted by atomic mass is 9.97. The summed E-state index contributed by atoms with van der Waals surface area (Å²) in [5, 5.41) is 6.01. The first-order chi connectivity index (χ1) is 16.0. The smallest absolute Gasteiger partial charge is 0.328 e. The van der Waals surface area contributed by atoms with Crippen molar-refractivity contribution < 1.29 is 19.1 Å². The van der Waals surface area contributed by atoms with Crippen molar-refractivity contribution in [3.05, 3.63) is 28.8 Å². The molecule has 1 aromatic rings. The van der Waals surface area contributed by atoms with Gasteiger partial charge >= 0.3 is 6.03 Å². The highest BCUT2D eigenvalue weighted by Crippen LogP contribution is 2.29. The molecule has 9 nitrogen and oxygen atoms in total. The lowest BCUT2D eigenvalue weighted by Gasteiger charge is -2.33. The second kappa shape index (κ2) is 11.3. The zero-order valence-electron chi connectivity index (χ0n) is 18.9. The number of anilines is 1. The quantitative estimate of drug-likeness (QED) is 0.579. The van der Waals surface area contributed by atoms with E-state index >= 15 is 0 Å². The SMILES string of the molecule is O=C1CCN(c2cc(C(=O)N3CCC(COCCN4CCNCC4)CC3)ccc2Cl)C(=O)N1. The standard InChI is InChI=1S/C23H32ClN5O4/c24-19-2-1-18(15-20(19)29-10-5-21(30)26-23(29)32)22(31)28-8-3-17(4-9-28)16-33-14-13-27-11-6-25-7-12-27/h1-2,15,17,25H,3-14,16H2,(H,26,30,32). The van der Waals surface area contributed by atoms with Gasteiger partial charge < -0.3 is 15.0 Å². The van der Waals surface area contributed by atoms with Gasteiger partial charge in [-0.1, -0.05) is 11.6 Å². The average molecular weight is 478 g/mol. The maximum absolute atomic E-state index is 13.1. The summed E-state index contributed by atoms with van der Waals surface area (Å²) in [6.07, 6.45) is 2.03. The number of urea groups is 1. The fourth-order valence-electron chi connectivity index (χ4n) is 4.51. The highest BCUT2D eigenvalue weighted by molar-refractivity contribution is 6.34. The van der Waals surface area contributed by atoms with Gasteiger partial charge in [0, 0.05) is 70.9 Å². The highest BCUT2D eigenvalue weighted by Gasteiger charge is 2.28. The molecule has 0 aliphatic carbocycles. The summed E-state index contributed by atoms with van der Waals surface area (Å²) in [5.41, 5.74) is 0.935. The van der Waals surface area contributed by atoms with Crippen LogP contribution in [-0.4, -0.2) is 93.2 Å². The Morgan fingerprint density at radius 1 is 1.09 bits per heavy atom. The zero-order valence-corrected chi connectivity index (χ0v) is 19.6. The molecule has 1 aromatic carbocycles. The molecule has 2 N–H and O–H groups in total. The van der Waals surface area contributed by atoms with E-state index in [-0.39, 0.29) is 24.8 Å². The van der Waals surface area contributed by atoms with E-state index in [0.717, 1.165) is 58.8 Å². The van der Waals surface area contributed by atoms with Gasteiger partial charge in [-0.05, 0) is 37.0 Å². The maximum Gasteiger partial charge on any atom is 0.328 e. The topological polar surface area (TPSA) is 94.2 Å². The van der Waals surface area contributed by atoms with Gasteiger partial charge in [0.25, 0.3) is 5.91 Å². The van der Waals surface area contributed by atoms with Gasteiger partial charge in [-0.2, -0.15) is 0 Å². The van der Waals surface area contributed by atoms with Crippen molar-refractivity contribution in [3.8, 4) is 0 Å². The van der Waals surface area contributed by atoms with Crippen molar-refractivity contribution in [1.82, 2.24) is 20.4 Å². The summed E-state index contributed by atoms with van der Waals surface area (Å²) < 4.78 is 5.92. The largest absolute Gasteiger partial charge is 0.380 e. The number of benzene rings is 1. The number of carbonyl (C=O) groups excluding carboxylic acids is 3. The fourth-order valence-corrected chi connectivity index (χ4v) is 4.73. The van der Waals surface area contributed by atoms with Gasteiger partial charge in [-0.25, -0.2) is 4.79 Å². The van der Waals surface area contributed by atoms with Gasteiger partial charge in [0.05, 0.1) is 17.3 Å². The second-order valence-electron chi connectivity index (χ2n) is 8.82. The Morgan fingerprint density at radius 3 is 2.58 bits per heavy atom. The van der Waals surface area contributed by atoms with Gasteiger partial charge in [-0.3, -0.25) is 24.7 Å². The van der Waals surface area contributed by atoms with Crippen LogP contribution < -0.4 is 15.5 Å². The summed E-state index contributed by atoms with van der Waals surface area (Å²) >= 11 is 6.30. The number of rotatable bonds is 7. The predicted octanol–water partition coefficient (Wildman–Crippen LogP) is 1.56.